The van der Waals surface area contributed by atoms with E-state index in [-0.39, 0.29) is 36.4 Å². The van der Waals surface area contributed by atoms with Crippen LogP contribution in [-0.2, 0) is 22.7 Å². The van der Waals surface area contributed by atoms with Crippen LogP contribution < -0.4 is 0 Å². The Balaban J connectivity index is 1.77. The number of hydrogen-bond donors (Lipinski definition) is 0. The number of benzene rings is 1. The zero-order chi connectivity index (χ0) is 23.3. The third-order valence-electron chi connectivity index (χ3n) is 6.94. The van der Waals surface area contributed by atoms with Crippen molar-refractivity contribution in [3.05, 3.63) is 59.4 Å². The number of aromatic nitrogens is 1. The zero-order valence-electron chi connectivity index (χ0n) is 20.4. The predicted octanol–water partition coefficient (Wildman–Crippen LogP) is 5.01. The Morgan fingerprint density at radius 3 is 2.28 bits per heavy atom. The number of carbonyl (C=O) groups excluding carboxylic acids is 2. The van der Waals surface area contributed by atoms with Gasteiger partial charge in [-0.05, 0) is 69.7 Å². The Bertz CT molecular complexity index is 915. The largest absolute Gasteiger partial charge is 0.345 e. The molecule has 0 aliphatic heterocycles. The molecule has 174 valence electrons. The van der Waals surface area contributed by atoms with Crippen LogP contribution in [0.3, 0.4) is 0 Å². The van der Waals surface area contributed by atoms with Gasteiger partial charge in [0.05, 0.1) is 6.54 Å². The van der Waals surface area contributed by atoms with E-state index in [9.17, 15) is 9.59 Å². The number of rotatable bonds is 11. The van der Waals surface area contributed by atoms with E-state index in [1.165, 1.54) is 11.1 Å². The second kappa shape index (κ2) is 10.8. The van der Waals surface area contributed by atoms with Gasteiger partial charge < -0.3 is 14.4 Å². The van der Waals surface area contributed by atoms with Crippen molar-refractivity contribution in [2.45, 2.75) is 85.5 Å². The molecule has 1 aromatic carbocycles. The van der Waals surface area contributed by atoms with E-state index in [2.05, 4.69) is 81.8 Å². The second-order valence-electron chi connectivity index (χ2n) is 9.33. The number of nitrogens with zero attached hydrogens (tertiary/aromatic N) is 3. The minimum Gasteiger partial charge on any atom is -0.345 e. The van der Waals surface area contributed by atoms with E-state index in [1.54, 1.807) is 0 Å². The molecule has 2 amide bonds. The minimum atomic E-state index is 0.0392. The first-order valence-electron chi connectivity index (χ1n) is 12.1. The monoisotopic (exact) mass is 437 g/mol. The van der Waals surface area contributed by atoms with E-state index < -0.39 is 0 Å². The van der Waals surface area contributed by atoms with Gasteiger partial charge >= 0.3 is 0 Å². The summed E-state index contributed by atoms with van der Waals surface area (Å²) in [4.78, 5) is 30.1. The molecule has 0 N–H and O–H groups in total. The van der Waals surface area contributed by atoms with Crippen LogP contribution in [0.15, 0.2) is 42.6 Å². The molecule has 1 fully saturated rings. The highest BCUT2D eigenvalue weighted by molar-refractivity contribution is 5.87. The molecule has 1 aromatic heterocycles. The molecule has 32 heavy (non-hydrogen) atoms. The highest BCUT2D eigenvalue weighted by atomic mass is 16.2. The molecule has 2 atom stereocenters. The van der Waals surface area contributed by atoms with Gasteiger partial charge in [-0.15, -0.1) is 0 Å². The van der Waals surface area contributed by atoms with E-state index in [0.29, 0.717) is 6.54 Å². The lowest BCUT2D eigenvalue weighted by molar-refractivity contribution is -0.144. The molecule has 0 radical (unpaired) electrons. The Labute approximate surface area is 193 Å². The highest BCUT2D eigenvalue weighted by Gasteiger charge is 2.36. The molecule has 0 saturated heterocycles. The van der Waals surface area contributed by atoms with Gasteiger partial charge in [-0.25, -0.2) is 0 Å². The van der Waals surface area contributed by atoms with Gasteiger partial charge in [-0.3, -0.25) is 9.59 Å². The van der Waals surface area contributed by atoms with E-state index in [4.69, 9.17) is 0 Å². The fourth-order valence-corrected chi connectivity index (χ4v) is 4.08. The summed E-state index contributed by atoms with van der Waals surface area (Å²) in [6, 6.07) is 12.8. The fourth-order valence-electron chi connectivity index (χ4n) is 4.08. The molecule has 1 heterocycles. The van der Waals surface area contributed by atoms with Crippen LogP contribution in [-0.4, -0.2) is 44.8 Å². The maximum absolute atomic E-state index is 13.5. The van der Waals surface area contributed by atoms with E-state index in [1.807, 2.05) is 9.80 Å². The summed E-state index contributed by atoms with van der Waals surface area (Å²) in [5, 5.41) is 0. The topological polar surface area (TPSA) is 45.6 Å². The molecule has 5 nitrogen and oxygen atoms in total. The average Bonchev–Trinajstić information content (AvgIpc) is 3.56. The van der Waals surface area contributed by atoms with Crippen LogP contribution in [0, 0.1) is 12.8 Å². The molecule has 1 aliphatic carbocycles. The van der Waals surface area contributed by atoms with Crippen LogP contribution >= 0.6 is 0 Å². The molecule has 0 bridgehead atoms. The summed E-state index contributed by atoms with van der Waals surface area (Å²) in [6.07, 6.45) is 5.74. The van der Waals surface area contributed by atoms with Crippen molar-refractivity contribution < 1.29 is 9.59 Å². The number of amides is 2. The third kappa shape index (κ3) is 5.81. The van der Waals surface area contributed by atoms with Crippen molar-refractivity contribution in [1.82, 2.24) is 14.4 Å². The molecule has 3 rings (SSSR count). The van der Waals surface area contributed by atoms with Gasteiger partial charge in [0.15, 0.2) is 0 Å². The summed E-state index contributed by atoms with van der Waals surface area (Å²) in [5.41, 5.74) is 3.67. The van der Waals surface area contributed by atoms with Crippen LogP contribution in [0.25, 0.3) is 0 Å². The van der Waals surface area contributed by atoms with Crippen LogP contribution in [0.4, 0.5) is 0 Å². The zero-order valence-corrected chi connectivity index (χ0v) is 20.4. The van der Waals surface area contributed by atoms with Gasteiger partial charge in [0.1, 0.15) is 6.54 Å². The molecule has 1 saturated carbocycles. The molecular formula is C27H39N3O2. The van der Waals surface area contributed by atoms with Gasteiger partial charge in [0, 0.05) is 36.4 Å². The lowest BCUT2D eigenvalue weighted by Crippen LogP contribution is -2.49. The van der Waals surface area contributed by atoms with Gasteiger partial charge in [0.25, 0.3) is 0 Å². The molecule has 2 unspecified atom stereocenters. The van der Waals surface area contributed by atoms with Crippen LogP contribution in [0.1, 0.15) is 70.2 Å². The Morgan fingerprint density at radius 2 is 1.66 bits per heavy atom. The fraction of sp³-hybridized carbons (Fsp3) is 0.556. The standard InChI is InChI=1S/C27H39N3O2/c1-6-21(4)29(26(31)19-30(22(5)7-2)27(32)23-14-15-23)18-25-13-10-16-28(25)17-24-12-9-8-11-20(24)3/h8-13,16,21-23H,6-7,14-15,17-19H2,1-5H3. The quantitative estimate of drug-likeness (QED) is 0.496. The van der Waals surface area contributed by atoms with Crippen LogP contribution in [0.2, 0.25) is 0 Å². The molecule has 5 heteroatoms. The summed E-state index contributed by atoms with van der Waals surface area (Å²) >= 11 is 0. The first-order chi connectivity index (χ1) is 15.3. The molecule has 0 spiro atoms. The lowest BCUT2D eigenvalue weighted by atomic mass is 10.1. The SMILES string of the molecule is CCC(C)N(Cc1cccn1Cc1ccccc1C)C(=O)CN(C(=O)C1CC1)C(C)CC. The van der Waals surface area contributed by atoms with Crippen molar-refractivity contribution >= 4 is 11.8 Å². The second-order valence-corrected chi connectivity index (χ2v) is 9.33. The lowest BCUT2D eigenvalue weighted by Gasteiger charge is -2.34. The maximum atomic E-state index is 13.5. The summed E-state index contributed by atoms with van der Waals surface area (Å²) in [6.45, 7) is 12.0. The van der Waals surface area contributed by atoms with Crippen molar-refractivity contribution in [2.75, 3.05) is 6.54 Å². The minimum absolute atomic E-state index is 0.0392. The summed E-state index contributed by atoms with van der Waals surface area (Å²) < 4.78 is 2.23. The van der Waals surface area contributed by atoms with Crippen molar-refractivity contribution in [3.8, 4) is 0 Å². The van der Waals surface area contributed by atoms with Crippen molar-refractivity contribution in [2.24, 2.45) is 5.92 Å². The number of aryl methyl sites for hydroxylation is 1. The predicted molar refractivity (Wildman–Crippen MR) is 129 cm³/mol. The van der Waals surface area contributed by atoms with Gasteiger partial charge in [0.2, 0.25) is 11.8 Å². The average molecular weight is 438 g/mol. The smallest absolute Gasteiger partial charge is 0.242 e. The first kappa shape index (κ1) is 24.1. The van der Waals surface area contributed by atoms with Gasteiger partial charge in [-0.2, -0.15) is 0 Å². The third-order valence-corrected chi connectivity index (χ3v) is 6.94. The summed E-state index contributed by atoms with van der Waals surface area (Å²) in [5.74, 6) is 0.317. The van der Waals surface area contributed by atoms with Crippen molar-refractivity contribution in [1.29, 1.82) is 0 Å². The first-order valence-corrected chi connectivity index (χ1v) is 12.1. The van der Waals surface area contributed by atoms with Crippen molar-refractivity contribution in [3.63, 3.8) is 0 Å². The maximum Gasteiger partial charge on any atom is 0.242 e. The Kier molecular flexibility index (Phi) is 8.16. The van der Waals surface area contributed by atoms with E-state index >= 15 is 0 Å². The van der Waals surface area contributed by atoms with Gasteiger partial charge in [-0.1, -0.05) is 38.1 Å². The normalized spacial score (nSPS) is 15.3. The Morgan fingerprint density at radius 1 is 1.00 bits per heavy atom. The van der Waals surface area contributed by atoms with E-state index in [0.717, 1.165) is 37.9 Å². The Hall–Kier alpha value is -2.56. The number of carbonyl (C=O) groups is 2. The molecule has 2 aromatic rings. The highest BCUT2D eigenvalue weighted by Crippen LogP contribution is 2.32. The summed E-state index contributed by atoms with van der Waals surface area (Å²) in [7, 11) is 0. The molecule has 1 aliphatic rings. The number of hydrogen-bond acceptors (Lipinski definition) is 2. The molecular weight excluding hydrogens is 398 g/mol. The van der Waals surface area contributed by atoms with Crippen LogP contribution in [0.5, 0.6) is 0 Å².